The van der Waals surface area contributed by atoms with Gasteiger partial charge in [-0.3, -0.25) is 5.32 Å². The van der Waals surface area contributed by atoms with Crippen LogP contribution in [0.25, 0.3) is 0 Å². The van der Waals surface area contributed by atoms with Crippen LogP contribution in [0.15, 0.2) is 12.7 Å². The van der Waals surface area contributed by atoms with E-state index < -0.39 is 6.09 Å². The predicted octanol–water partition coefficient (Wildman–Crippen LogP) is 0.414. The van der Waals surface area contributed by atoms with Crippen LogP contribution in [-0.2, 0) is 4.74 Å². The maximum Gasteiger partial charge on any atom is 0.406 e. The molecule has 0 aromatic heterocycles. The highest BCUT2D eigenvalue weighted by Gasteiger charge is 1.89. The van der Waals surface area contributed by atoms with E-state index in [4.69, 9.17) is 5.11 Å². The van der Waals surface area contributed by atoms with Crippen LogP contribution in [0.5, 0.6) is 0 Å². The summed E-state index contributed by atoms with van der Waals surface area (Å²) in [6.45, 7) is 3.75. The number of carbonyl (C=O) groups is 1. The molecule has 0 heterocycles. The Bertz CT molecular complexity index is 102. The summed E-state index contributed by atoms with van der Waals surface area (Å²) >= 11 is 0. The SMILES string of the molecule is C=CCOCNC(=O)O. The first-order valence-electron chi connectivity index (χ1n) is 2.43. The van der Waals surface area contributed by atoms with Gasteiger partial charge < -0.3 is 9.84 Å². The first-order valence-corrected chi connectivity index (χ1v) is 2.43. The van der Waals surface area contributed by atoms with Crippen LogP contribution in [0.1, 0.15) is 0 Å². The Hall–Kier alpha value is -1.03. The van der Waals surface area contributed by atoms with E-state index in [9.17, 15) is 4.79 Å². The molecule has 0 atom stereocenters. The molecule has 52 valence electrons. The number of nitrogens with one attached hydrogen (secondary N) is 1. The lowest BCUT2D eigenvalue weighted by Crippen LogP contribution is -2.23. The Kier molecular flexibility index (Phi) is 4.53. The molecule has 0 rings (SSSR count). The summed E-state index contributed by atoms with van der Waals surface area (Å²) in [6.07, 6.45) is 0.461. The Balaban J connectivity index is 2.91. The second-order valence-corrected chi connectivity index (χ2v) is 1.29. The molecule has 0 aromatic carbocycles. The minimum Gasteiger partial charge on any atom is -0.465 e. The van der Waals surface area contributed by atoms with Crippen molar-refractivity contribution in [3.05, 3.63) is 12.7 Å². The van der Waals surface area contributed by atoms with E-state index >= 15 is 0 Å². The normalized spacial score (nSPS) is 8.44. The van der Waals surface area contributed by atoms with Gasteiger partial charge in [-0.25, -0.2) is 4.79 Å². The Morgan fingerprint density at radius 2 is 2.56 bits per heavy atom. The molecule has 4 nitrogen and oxygen atoms in total. The molecule has 0 saturated carbocycles. The van der Waals surface area contributed by atoms with Gasteiger partial charge in [0, 0.05) is 0 Å². The summed E-state index contributed by atoms with van der Waals surface area (Å²) in [4.78, 5) is 9.75. The fourth-order valence-corrected chi connectivity index (χ4v) is 0.255. The van der Waals surface area contributed by atoms with Crippen molar-refractivity contribution in [2.45, 2.75) is 0 Å². The van der Waals surface area contributed by atoms with Crippen LogP contribution in [0.4, 0.5) is 4.79 Å². The van der Waals surface area contributed by atoms with Gasteiger partial charge in [0.1, 0.15) is 6.73 Å². The smallest absolute Gasteiger partial charge is 0.406 e. The maximum absolute atomic E-state index is 9.75. The minimum atomic E-state index is -1.08. The number of rotatable bonds is 4. The summed E-state index contributed by atoms with van der Waals surface area (Å²) in [7, 11) is 0. The van der Waals surface area contributed by atoms with Gasteiger partial charge in [-0.05, 0) is 0 Å². The molecule has 0 bridgehead atoms. The van der Waals surface area contributed by atoms with E-state index in [-0.39, 0.29) is 6.73 Å². The number of amides is 1. The molecule has 0 aliphatic carbocycles. The quantitative estimate of drug-likeness (QED) is 0.330. The largest absolute Gasteiger partial charge is 0.465 e. The summed E-state index contributed by atoms with van der Waals surface area (Å²) in [5.41, 5.74) is 0. The second-order valence-electron chi connectivity index (χ2n) is 1.29. The molecule has 0 saturated heterocycles. The first-order chi connectivity index (χ1) is 4.27. The van der Waals surface area contributed by atoms with E-state index in [0.29, 0.717) is 6.61 Å². The molecule has 0 unspecified atom stereocenters. The lowest BCUT2D eigenvalue weighted by Gasteiger charge is -1.98. The number of hydrogen-bond acceptors (Lipinski definition) is 2. The van der Waals surface area contributed by atoms with Crippen molar-refractivity contribution in [1.82, 2.24) is 5.32 Å². The molecule has 0 aromatic rings. The van der Waals surface area contributed by atoms with Crippen LogP contribution in [0, 0.1) is 0 Å². The molecule has 0 aliphatic heterocycles. The zero-order valence-electron chi connectivity index (χ0n) is 4.96. The van der Waals surface area contributed by atoms with E-state index in [1.54, 1.807) is 6.08 Å². The molecule has 0 fully saturated rings. The highest BCUT2D eigenvalue weighted by atomic mass is 16.5. The van der Waals surface area contributed by atoms with Crippen molar-refractivity contribution in [1.29, 1.82) is 0 Å². The number of hydrogen-bond donors (Lipinski definition) is 2. The lowest BCUT2D eigenvalue weighted by atomic mass is 10.7. The molecule has 0 aliphatic rings. The lowest BCUT2D eigenvalue weighted by molar-refractivity contribution is 0.129. The summed E-state index contributed by atoms with van der Waals surface area (Å²) in [5, 5.41) is 10.0. The average Bonchev–Trinajstić information content (AvgIpc) is 1.80. The van der Waals surface area contributed by atoms with Gasteiger partial charge in [0.2, 0.25) is 0 Å². The molecule has 0 spiro atoms. The van der Waals surface area contributed by atoms with E-state index in [2.05, 4.69) is 11.3 Å². The van der Waals surface area contributed by atoms with Crippen LogP contribution in [0.2, 0.25) is 0 Å². The van der Waals surface area contributed by atoms with Crippen LogP contribution in [0.3, 0.4) is 0 Å². The maximum atomic E-state index is 9.75. The number of carboxylic acid groups (broad SMARTS) is 1. The fourth-order valence-electron chi connectivity index (χ4n) is 0.255. The van der Waals surface area contributed by atoms with Crippen molar-refractivity contribution in [3.63, 3.8) is 0 Å². The highest BCUT2D eigenvalue weighted by molar-refractivity contribution is 5.64. The van der Waals surface area contributed by atoms with Crippen molar-refractivity contribution in [2.75, 3.05) is 13.3 Å². The highest BCUT2D eigenvalue weighted by Crippen LogP contribution is 1.70. The number of ether oxygens (including phenoxy) is 1. The summed E-state index contributed by atoms with van der Waals surface area (Å²) in [5.74, 6) is 0. The fraction of sp³-hybridized carbons (Fsp3) is 0.400. The predicted molar refractivity (Wildman–Crippen MR) is 32.2 cm³/mol. The van der Waals surface area contributed by atoms with Gasteiger partial charge in [0.05, 0.1) is 6.61 Å². The van der Waals surface area contributed by atoms with E-state index in [1.165, 1.54) is 0 Å². The van der Waals surface area contributed by atoms with Gasteiger partial charge in [-0.2, -0.15) is 0 Å². The van der Waals surface area contributed by atoms with Gasteiger partial charge in [-0.1, -0.05) is 6.08 Å². The zero-order chi connectivity index (χ0) is 7.11. The van der Waals surface area contributed by atoms with Crippen LogP contribution in [-0.4, -0.2) is 24.5 Å². The molecular formula is C5H9NO3. The zero-order valence-corrected chi connectivity index (χ0v) is 4.96. The summed E-state index contributed by atoms with van der Waals surface area (Å²) in [6, 6.07) is 0. The summed E-state index contributed by atoms with van der Waals surface area (Å²) < 4.78 is 4.68. The van der Waals surface area contributed by atoms with Crippen molar-refractivity contribution >= 4 is 6.09 Å². The monoisotopic (exact) mass is 131 g/mol. The van der Waals surface area contributed by atoms with Gasteiger partial charge in [0.25, 0.3) is 0 Å². The Morgan fingerprint density at radius 1 is 1.89 bits per heavy atom. The molecule has 9 heavy (non-hydrogen) atoms. The minimum absolute atomic E-state index is 0.0152. The molecule has 1 amide bonds. The van der Waals surface area contributed by atoms with Gasteiger partial charge in [-0.15, -0.1) is 6.58 Å². The van der Waals surface area contributed by atoms with Crippen LogP contribution >= 0.6 is 0 Å². The average molecular weight is 131 g/mol. The first kappa shape index (κ1) is 7.97. The third-order valence-electron chi connectivity index (χ3n) is 0.561. The second kappa shape index (κ2) is 5.11. The third kappa shape index (κ3) is 6.97. The van der Waals surface area contributed by atoms with Gasteiger partial charge in [0.15, 0.2) is 0 Å². The molecular weight excluding hydrogens is 122 g/mol. The van der Waals surface area contributed by atoms with E-state index in [1.807, 2.05) is 5.32 Å². The third-order valence-corrected chi connectivity index (χ3v) is 0.561. The van der Waals surface area contributed by atoms with Crippen molar-refractivity contribution in [3.8, 4) is 0 Å². The Morgan fingerprint density at radius 3 is 3.00 bits per heavy atom. The van der Waals surface area contributed by atoms with Crippen molar-refractivity contribution < 1.29 is 14.6 Å². The molecule has 2 N–H and O–H groups in total. The van der Waals surface area contributed by atoms with Crippen molar-refractivity contribution in [2.24, 2.45) is 0 Å². The standard InChI is InChI=1S/C5H9NO3/c1-2-3-9-4-6-5(7)8/h2,6H,1,3-4H2,(H,7,8). The van der Waals surface area contributed by atoms with Crippen LogP contribution < -0.4 is 5.32 Å². The molecule has 0 radical (unpaired) electrons. The molecule has 4 heteroatoms. The topological polar surface area (TPSA) is 58.6 Å². The van der Waals surface area contributed by atoms with Gasteiger partial charge >= 0.3 is 6.09 Å². The Labute approximate surface area is 53.1 Å². The van der Waals surface area contributed by atoms with E-state index in [0.717, 1.165) is 0 Å².